The minimum Gasteiger partial charge on any atom is -0.300 e. The lowest BCUT2D eigenvalue weighted by atomic mass is 9.93. The standard InChI is InChI=1S/C18H24N2O2S/c21-23(22,18-4-2-1-3-5-18)20-10-8-19(9-11-20)14-17-13-15-6-7-16(17)12-15/h1-7,15-17H,8-14H2/t15-,16-,17-/m1/s1. The van der Waals surface area contributed by atoms with Gasteiger partial charge < -0.3 is 4.90 Å². The van der Waals surface area contributed by atoms with Gasteiger partial charge in [0.1, 0.15) is 0 Å². The maximum Gasteiger partial charge on any atom is 0.243 e. The third-order valence-corrected chi connectivity index (χ3v) is 7.53. The Balaban J connectivity index is 1.35. The van der Waals surface area contributed by atoms with E-state index in [-0.39, 0.29) is 0 Å². The van der Waals surface area contributed by atoms with E-state index >= 15 is 0 Å². The van der Waals surface area contributed by atoms with Crippen LogP contribution in [0.1, 0.15) is 12.8 Å². The molecule has 0 amide bonds. The number of rotatable bonds is 4. The third-order valence-electron chi connectivity index (χ3n) is 5.62. The summed E-state index contributed by atoms with van der Waals surface area (Å²) in [5.74, 6) is 2.36. The summed E-state index contributed by atoms with van der Waals surface area (Å²) in [6.45, 7) is 4.04. The van der Waals surface area contributed by atoms with Crippen molar-refractivity contribution in [2.75, 3.05) is 32.7 Å². The highest BCUT2D eigenvalue weighted by Gasteiger charge is 2.37. The highest BCUT2D eigenvalue weighted by molar-refractivity contribution is 7.89. The van der Waals surface area contributed by atoms with Crippen molar-refractivity contribution < 1.29 is 8.42 Å². The van der Waals surface area contributed by atoms with E-state index < -0.39 is 10.0 Å². The topological polar surface area (TPSA) is 40.6 Å². The zero-order valence-corrected chi connectivity index (χ0v) is 14.2. The molecule has 2 fully saturated rings. The Morgan fingerprint density at radius 1 is 0.957 bits per heavy atom. The number of piperazine rings is 1. The fourth-order valence-corrected chi connectivity index (χ4v) is 5.77. The Morgan fingerprint density at radius 2 is 1.70 bits per heavy atom. The van der Waals surface area contributed by atoms with Gasteiger partial charge in [0.2, 0.25) is 10.0 Å². The van der Waals surface area contributed by atoms with Crippen LogP contribution in [0.5, 0.6) is 0 Å². The molecule has 1 aliphatic heterocycles. The summed E-state index contributed by atoms with van der Waals surface area (Å²) < 4.78 is 26.9. The number of sulfonamides is 1. The van der Waals surface area contributed by atoms with E-state index in [4.69, 9.17) is 0 Å². The molecular formula is C18H24N2O2S. The summed E-state index contributed by atoms with van der Waals surface area (Å²) in [5, 5.41) is 0. The van der Waals surface area contributed by atoms with E-state index in [2.05, 4.69) is 17.1 Å². The van der Waals surface area contributed by atoms with Crippen LogP contribution in [-0.4, -0.2) is 50.3 Å². The highest BCUT2D eigenvalue weighted by Crippen LogP contribution is 2.43. The van der Waals surface area contributed by atoms with Crippen LogP contribution in [0, 0.1) is 17.8 Å². The van der Waals surface area contributed by atoms with Crippen LogP contribution in [0.3, 0.4) is 0 Å². The van der Waals surface area contributed by atoms with Gasteiger partial charge in [-0.1, -0.05) is 30.4 Å². The van der Waals surface area contributed by atoms with E-state index in [1.54, 1.807) is 28.6 Å². The Labute approximate surface area is 138 Å². The van der Waals surface area contributed by atoms with Crippen LogP contribution in [0.4, 0.5) is 0 Å². The molecular weight excluding hydrogens is 308 g/mol. The molecule has 1 saturated carbocycles. The van der Waals surface area contributed by atoms with Gasteiger partial charge in [0.15, 0.2) is 0 Å². The molecule has 3 atom stereocenters. The first-order chi connectivity index (χ1) is 11.1. The molecule has 23 heavy (non-hydrogen) atoms. The first kappa shape index (κ1) is 15.4. The molecule has 0 aromatic heterocycles. The monoisotopic (exact) mass is 332 g/mol. The molecule has 1 saturated heterocycles. The van der Waals surface area contributed by atoms with Gasteiger partial charge in [0.25, 0.3) is 0 Å². The molecule has 1 aromatic carbocycles. The van der Waals surface area contributed by atoms with Crippen molar-refractivity contribution in [3.05, 3.63) is 42.5 Å². The van der Waals surface area contributed by atoms with Gasteiger partial charge in [0.05, 0.1) is 4.90 Å². The smallest absolute Gasteiger partial charge is 0.243 e. The number of benzene rings is 1. The van der Waals surface area contributed by atoms with E-state index in [0.717, 1.165) is 37.4 Å². The molecule has 3 aliphatic rings. The Morgan fingerprint density at radius 3 is 2.30 bits per heavy atom. The Hall–Kier alpha value is -1.17. The molecule has 4 rings (SSSR count). The average molecular weight is 332 g/mol. The minimum absolute atomic E-state index is 0.409. The fourth-order valence-electron chi connectivity index (χ4n) is 4.33. The Kier molecular flexibility index (Phi) is 4.03. The van der Waals surface area contributed by atoms with Crippen molar-refractivity contribution in [1.82, 2.24) is 9.21 Å². The van der Waals surface area contributed by atoms with Gasteiger partial charge in [-0.3, -0.25) is 0 Å². The van der Waals surface area contributed by atoms with Crippen molar-refractivity contribution in [2.24, 2.45) is 17.8 Å². The van der Waals surface area contributed by atoms with E-state index in [1.165, 1.54) is 12.8 Å². The van der Waals surface area contributed by atoms with Crippen molar-refractivity contribution in [3.63, 3.8) is 0 Å². The van der Waals surface area contributed by atoms with Gasteiger partial charge in [0, 0.05) is 32.7 Å². The van der Waals surface area contributed by atoms with Gasteiger partial charge in [-0.05, 0) is 42.7 Å². The van der Waals surface area contributed by atoms with Gasteiger partial charge >= 0.3 is 0 Å². The quantitative estimate of drug-likeness (QED) is 0.794. The van der Waals surface area contributed by atoms with Crippen molar-refractivity contribution in [2.45, 2.75) is 17.7 Å². The number of hydrogen-bond donors (Lipinski definition) is 0. The molecule has 124 valence electrons. The molecule has 2 bridgehead atoms. The van der Waals surface area contributed by atoms with Crippen LogP contribution in [0.25, 0.3) is 0 Å². The number of nitrogens with zero attached hydrogens (tertiary/aromatic N) is 2. The van der Waals surface area contributed by atoms with E-state index in [1.807, 2.05) is 6.07 Å². The lowest BCUT2D eigenvalue weighted by Gasteiger charge is -2.36. The van der Waals surface area contributed by atoms with Crippen LogP contribution in [-0.2, 0) is 10.0 Å². The van der Waals surface area contributed by atoms with Crippen LogP contribution in [0.15, 0.2) is 47.4 Å². The second kappa shape index (κ2) is 6.04. The summed E-state index contributed by atoms with van der Waals surface area (Å²) in [6, 6.07) is 8.78. The predicted octanol–water partition coefficient (Wildman–Crippen LogP) is 2.21. The largest absolute Gasteiger partial charge is 0.300 e. The predicted molar refractivity (Wildman–Crippen MR) is 90.5 cm³/mol. The third kappa shape index (κ3) is 2.97. The van der Waals surface area contributed by atoms with Gasteiger partial charge in [-0.15, -0.1) is 0 Å². The molecule has 1 aromatic rings. The summed E-state index contributed by atoms with van der Waals surface area (Å²) in [6.07, 6.45) is 7.44. The van der Waals surface area contributed by atoms with Crippen LogP contribution in [0.2, 0.25) is 0 Å². The van der Waals surface area contributed by atoms with Crippen LogP contribution < -0.4 is 0 Å². The highest BCUT2D eigenvalue weighted by atomic mass is 32.2. The first-order valence-corrected chi connectivity index (χ1v) is 10.0. The molecule has 0 unspecified atom stereocenters. The lowest BCUT2D eigenvalue weighted by molar-refractivity contribution is 0.156. The zero-order chi connectivity index (χ0) is 15.9. The first-order valence-electron chi connectivity index (χ1n) is 8.59. The molecule has 0 radical (unpaired) electrons. The number of allylic oxidation sites excluding steroid dienone is 2. The van der Waals surface area contributed by atoms with Crippen LogP contribution >= 0.6 is 0 Å². The normalized spacial score (nSPS) is 31.7. The molecule has 4 nitrogen and oxygen atoms in total. The maximum atomic E-state index is 12.6. The van der Waals surface area contributed by atoms with Crippen molar-refractivity contribution in [3.8, 4) is 0 Å². The van der Waals surface area contributed by atoms with Crippen molar-refractivity contribution >= 4 is 10.0 Å². The molecule has 0 N–H and O–H groups in total. The summed E-state index contributed by atoms with van der Waals surface area (Å²) in [4.78, 5) is 2.86. The molecule has 2 aliphatic carbocycles. The zero-order valence-electron chi connectivity index (χ0n) is 13.3. The summed E-state index contributed by atoms with van der Waals surface area (Å²) in [7, 11) is -3.33. The molecule has 5 heteroatoms. The SMILES string of the molecule is O=S(=O)(c1ccccc1)N1CCN(C[C@H]2C[C@@H]3C=C[C@@H]2C3)CC1. The molecule has 1 heterocycles. The van der Waals surface area contributed by atoms with Crippen molar-refractivity contribution in [1.29, 1.82) is 0 Å². The van der Waals surface area contributed by atoms with E-state index in [9.17, 15) is 8.42 Å². The van der Waals surface area contributed by atoms with Gasteiger partial charge in [-0.25, -0.2) is 8.42 Å². The summed E-state index contributed by atoms with van der Waals surface area (Å²) in [5.41, 5.74) is 0. The second-order valence-electron chi connectivity index (χ2n) is 7.06. The number of hydrogen-bond acceptors (Lipinski definition) is 3. The minimum atomic E-state index is -3.33. The number of fused-ring (bicyclic) bond motifs is 2. The molecule has 0 spiro atoms. The van der Waals surface area contributed by atoms with Gasteiger partial charge in [-0.2, -0.15) is 4.31 Å². The van der Waals surface area contributed by atoms with E-state index in [0.29, 0.717) is 18.0 Å². The average Bonchev–Trinajstić information content (AvgIpc) is 3.19. The summed E-state index contributed by atoms with van der Waals surface area (Å²) >= 11 is 0. The second-order valence-corrected chi connectivity index (χ2v) is 9.00. The Bertz CT molecular complexity index is 678. The fraction of sp³-hybridized carbons (Fsp3) is 0.556. The maximum absolute atomic E-state index is 12.6. The lowest BCUT2D eigenvalue weighted by Crippen LogP contribution is -2.49.